The van der Waals surface area contributed by atoms with Crippen molar-refractivity contribution in [2.45, 2.75) is 25.7 Å². The van der Waals surface area contributed by atoms with Gasteiger partial charge in [-0.25, -0.2) is 0 Å². The van der Waals surface area contributed by atoms with E-state index in [0.29, 0.717) is 13.0 Å². The van der Waals surface area contributed by atoms with Gasteiger partial charge in [0.25, 0.3) is 0 Å². The Hall–Kier alpha value is -1.15. The second-order valence-electron chi connectivity index (χ2n) is 3.95. The minimum absolute atomic E-state index is 0.200. The number of rotatable bonds is 4. The third-order valence-electron chi connectivity index (χ3n) is 2.56. The number of hydrogen-bond donors (Lipinski definition) is 1. The summed E-state index contributed by atoms with van der Waals surface area (Å²) in [5.74, 6) is 0.200. The summed E-state index contributed by atoms with van der Waals surface area (Å²) in [6.45, 7) is 4.32. The lowest BCUT2D eigenvalue weighted by molar-refractivity contribution is -0.123. The van der Waals surface area contributed by atoms with Crippen LogP contribution in [0, 0.1) is 0 Å². The Morgan fingerprint density at radius 1 is 1.29 bits per heavy atom. The van der Waals surface area contributed by atoms with Gasteiger partial charge in [0, 0.05) is 11.8 Å². The van der Waals surface area contributed by atoms with Crippen LogP contribution in [0.15, 0.2) is 30.3 Å². The fraction of sp³-hybridized carbons (Fsp3) is 0.417. The van der Waals surface area contributed by atoms with Crippen molar-refractivity contribution in [3.05, 3.63) is 35.9 Å². The van der Waals surface area contributed by atoms with E-state index in [1.165, 1.54) is 0 Å². The maximum absolute atomic E-state index is 11.8. The van der Waals surface area contributed by atoms with Gasteiger partial charge in [-0.05, 0) is 26.0 Å². The molecule has 2 N–H and O–H groups in total. The van der Waals surface area contributed by atoms with Crippen LogP contribution in [0.25, 0.3) is 0 Å². The molecule has 0 amide bonds. The van der Waals surface area contributed by atoms with Gasteiger partial charge < -0.3 is 5.73 Å². The molecule has 0 bridgehead atoms. The third-order valence-corrected chi connectivity index (χ3v) is 2.56. The molecule has 0 saturated carbocycles. The second kappa shape index (κ2) is 4.38. The van der Waals surface area contributed by atoms with Crippen molar-refractivity contribution in [3.8, 4) is 0 Å². The Kier molecular flexibility index (Phi) is 3.42. The Morgan fingerprint density at radius 2 is 1.86 bits per heavy atom. The molecule has 2 nitrogen and oxygen atoms in total. The molecule has 0 atom stereocenters. The van der Waals surface area contributed by atoms with Gasteiger partial charge in [-0.15, -0.1) is 0 Å². The molecule has 1 aromatic rings. The molecule has 0 fully saturated rings. The van der Waals surface area contributed by atoms with Gasteiger partial charge in [0.05, 0.1) is 0 Å². The molecule has 14 heavy (non-hydrogen) atoms. The molecule has 0 aromatic heterocycles. The molecule has 0 aliphatic carbocycles. The second-order valence-corrected chi connectivity index (χ2v) is 3.95. The Labute approximate surface area is 85.1 Å². The Morgan fingerprint density at radius 3 is 2.36 bits per heavy atom. The zero-order valence-electron chi connectivity index (χ0n) is 8.79. The summed E-state index contributed by atoms with van der Waals surface area (Å²) in [6, 6.07) is 9.81. The normalized spacial score (nSPS) is 11.4. The van der Waals surface area contributed by atoms with Crippen molar-refractivity contribution in [2.24, 2.45) is 5.73 Å². The van der Waals surface area contributed by atoms with E-state index >= 15 is 0 Å². The van der Waals surface area contributed by atoms with Crippen molar-refractivity contribution < 1.29 is 4.79 Å². The lowest BCUT2D eigenvalue weighted by atomic mass is 9.79. The molecule has 1 aromatic carbocycles. The average Bonchev–Trinajstić information content (AvgIpc) is 2.19. The average molecular weight is 191 g/mol. The molecule has 0 heterocycles. The van der Waals surface area contributed by atoms with Crippen LogP contribution >= 0.6 is 0 Å². The standard InChI is InChI=1S/C12H17NO/c1-12(2,11(14)8-9-13)10-6-4-3-5-7-10/h3-7H,8-9,13H2,1-2H3. The predicted octanol–water partition coefficient (Wildman–Crippen LogP) is 1.88. The van der Waals surface area contributed by atoms with Gasteiger partial charge in [0.15, 0.2) is 0 Å². The van der Waals surface area contributed by atoms with Crippen molar-refractivity contribution in [3.63, 3.8) is 0 Å². The first-order valence-electron chi connectivity index (χ1n) is 4.88. The zero-order valence-corrected chi connectivity index (χ0v) is 8.79. The van der Waals surface area contributed by atoms with Crippen molar-refractivity contribution in [2.75, 3.05) is 6.54 Å². The van der Waals surface area contributed by atoms with Crippen molar-refractivity contribution in [1.82, 2.24) is 0 Å². The number of nitrogens with two attached hydrogens (primary N) is 1. The van der Waals surface area contributed by atoms with Crippen molar-refractivity contribution in [1.29, 1.82) is 0 Å². The maximum Gasteiger partial charge on any atom is 0.144 e. The van der Waals surface area contributed by atoms with E-state index in [4.69, 9.17) is 5.73 Å². The molecule has 0 unspecified atom stereocenters. The minimum Gasteiger partial charge on any atom is -0.330 e. The topological polar surface area (TPSA) is 43.1 Å². The number of carbonyl (C=O) groups is 1. The van der Waals surface area contributed by atoms with Gasteiger partial charge in [-0.2, -0.15) is 0 Å². The number of hydrogen-bond acceptors (Lipinski definition) is 2. The molecule has 0 saturated heterocycles. The van der Waals surface area contributed by atoms with Crippen LogP contribution in [0.4, 0.5) is 0 Å². The summed E-state index contributed by atoms with van der Waals surface area (Å²) in [5, 5.41) is 0. The van der Waals surface area contributed by atoms with E-state index in [1.807, 2.05) is 44.2 Å². The molecule has 2 heteroatoms. The van der Waals surface area contributed by atoms with E-state index in [2.05, 4.69) is 0 Å². The monoisotopic (exact) mass is 191 g/mol. The van der Waals surface area contributed by atoms with Gasteiger partial charge in [-0.3, -0.25) is 4.79 Å². The fourth-order valence-corrected chi connectivity index (χ4v) is 1.46. The van der Waals surface area contributed by atoms with E-state index in [-0.39, 0.29) is 5.78 Å². The summed E-state index contributed by atoms with van der Waals surface area (Å²) < 4.78 is 0. The quantitative estimate of drug-likeness (QED) is 0.789. The highest BCUT2D eigenvalue weighted by molar-refractivity contribution is 5.89. The first kappa shape index (κ1) is 10.9. The summed E-state index contributed by atoms with van der Waals surface area (Å²) in [7, 11) is 0. The first-order chi connectivity index (χ1) is 6.59. The lowest BCUT2D eigenvalue weighted by Gasteiger charge is -2.23. The molecule has 0 aliphatic heterocycles. The van der Waals surface area contributed by atoms with Crippen LogP contribution in [0.3, 0.4) is 0 Å². The summed E-state index contributed by atoms with van der Waals surface area (Å²) in [6.07, 6.45) is 0.446. The van der Waals surface area contributed by atoms with Crippen LogP contribution in [0.5, 0.6) is 0 Å². The number of carbonyl (C=O) groups excluding carboxylic acids is 1. The first-order valence-corrected chi connectivity index (χ1v) is 4.88. The number of Topliss-reactive ketones (excluding diaryl/α,β-unsaturated/α-hetero) is 1. The Bertz CT molecular complexity index is 303. The third kappa shape index (κ3) is 2.20. The molecular formula is C12H17NO. The van der Waals surface area contributed by atoms with Crippen LogP contribution in [0.1, 0.15) is 25.8 Å². The molecular weight excluding hydrogens is 174 g/mol. The van der Waals surface area contributed by atoms with Gasteiger partial charge in [-0.1, -0.05) is 30.3 Å². The highest BCUT2D eigenvalue weighted by Gasteiger charge is 2.28. The predicted molar refractivity (Wildman–Crippen MR) is 58.1 cm³/mol. The molecule has 1 rings (SSSR count). The molecule has 76 valence electrons. The highest BCUT2D eigenvalue weighted by atomic mass is 16.1. The van der Waals surface area contributed by atoms with Crippen LogP contribution in [0.2, 0.25) is 0 Å². The highest BCUT2D eigenvalue weighted by Crippen LogP contribution is 2.24. The summed E-state index contributed by atoms with van der Waals surface area (Å²) in [5.41, 5.74) is 6.02. The lowest BCUT2D eigenvalue weighted by Crippen LogP contribution is -2.30. The fourth-order valence-electron chi connectivity index (χ4n) is 1.46. The van der Waals surface area contributed by atoms with Gasteiger partial charge in [0.1, 0.15) is 5.78 Å². The smallest absolute Gasteiger partial charge is 0.144 e. The van der Waals surface area contributed by atoms with Crippen LogP contribution in [-0.4, -0.2) is 12.3 Å². The number of benzene rings is 1. The van der Waals surface area contributed by atoms with Crippen LogP contribution in [-0.2, 0) is 10.2 Å². The Balaban J connectivity index is 2.90. The SMILES string of the molecule is CC(C)(C(=O)CCN)c1ccccc1. The van der Waals surface area contributed by atoms with E-state index in [9.17, 15) is 4.79 Å². The largest absolute Gasteiger partial charge is 0.330 e. The number of ketones is 1. The maximum atomic E-state index is 11.8. The molecule has 0 aliphatic rings. The molecule has 0 spiro atoms. The van der Waals surface area contributed by atoms with E-state index in [1.54, 1.807) is 0 Å². The van der Waals surface area contributed by atoms with E-state index in [0.717, 1.165) is 5.56 Å². The minimum atomic E-state index is -0.416. The van der Waals surface area contributed by atoms with Crippen molar-refractivity contribution >= 4 is 5.78 Å². The molecule has 0 radical (unpaired) electrons. The van der Waals surface area contributed by atoms with Gasteiger partial charge in [0.2, 0.25) is 0 Å². The van der Waals surface area contributed by atoms with Gasteiger partial charge >= 0.3 is 0 Å². The summed E-state index contributed by atoms with van der Waals surface area (Å²) >= 11 is 0. The summed E-state index contributed by atoms with van der Waals surface area (Å²) in [4.78, 5) is 11.8. The van der Waals surface area contributed by atoms with E-state index < -0.39 is 5.41 Å². The zero-order chi connectivity index (χ0) is 10.6. The van der Waals surface area contributed by atoms with Crippen LogP contribution < -0.4 is 5.73 Å².